The van der Waals surface area contributed by atoms with Gasteiger partial charge in [-0.2, -0.15) is 0 Å². The number of hydrogen-bond donors (Lipinski definition) is 2. The summed E-state index contributed by atoms with van der Waals surface area (Å²) >= 11 is 0. The van der Waals surface area contributed by atoms with Gasteiger partial charge in [0.1, 0.15) is 11.5 Å². The number of nitrogens with one attached hydrogen (secondary N) is 1. The lowest BCUT2D eigenvalue weighted by atomic mass is 9.82. The first-order chi connectivity index (χ1) is 10.1. The summed E-state index contributed by atoms with van der Waals surface area (Å²) in [6, 6.07) is 5.15. The number of ether oxygens (including phenoxy) is 2. The molecule has 1 amide bonds. The molecule has 1 saturated carbocycles. The van der Waals surface area contributed by atoms with Gasteiger partial charge in [-0.3, -0.25) is 4.79 Å². The molecule has 0 aliphatic heterocycles. The molecule has 0 spiro atoms. The molecule has 2 rings (SSSR count). The zero-order valence-corrected chi connectivity index (χ0v) is 12.8. The zero-order chi connectivity index (χ0) is 15.3. The summed E-state index contributed by atoms with van der Waals surface area (Å²) in [4.78, 5) is 12.3. The van der Waals surface area contributed by atoms with E-state index in [2.05, 4.69) is 5.32 Å². The number of nitrogens with two attached hydrogens (primary N) is 1. The van der Waals surface area contributed by atoms with E-state index in [0.717, 1.165) is 25.7 Å². The predicted octanol–water partition coefficient (Wildman–Crippen LogP) is 2.10. The minimum absolute atomic E-state index is 0.162. The topological polar surface area (TPSA) is 73.6 Å². The molecule has 0 saturated heterocycles. The number of carbonyl (C=O) groups excluding carboxylic acids is 1. The van der Waals surface area contributed by atoms with Gasteiger partial charge in [-0.05, 0) is 25.0 Å². The molecule has 1 aromatic carbocycles. The van der Waals surface area contributed by atoms with Crippen LogP contribution in [0.4, 0.5) is 0 Å². The van der Waals surface area contributed by atoms with Gasteiger partial charge in [-0.1, -0.05) is 19.3 Å². The third kappa shape index (κ3) is 3.88. The van der Waals surface area contributed by atoms with Gasteiger partial charge in [0, 0.05) is 18.2 Å². The average molecular weight is 292 g/mol. The quantitative estimate of drug-likeness (QED) is 0.871. The van der Waals surface area contributed by atoms with Crippen LogP contribution in [-0.2, 0) is 0 Å². The van der Waals surface area contributed by atoms with E-state index in [-0.39, 0.29) is 11.4 Å². The summed E-state index contributed by atoms with van der Waals surface area (Å²) in [5.74, 6) is 0.998. The minimum Gasteiger partial charge on any atom is -0.497 e. The highest BCUT2D eigenvalue weighted by molar-refractivity contribution is 5.97. The summed E-state index contributed by atoms with van der Waals surface area (Å²) in [7, 11) is 3.12. The van der Waals surface area contributed by atoms with Crippen LogP contribution in [0.25, 0.3) is 0 Å². The normalized spacial score (nSPS) is 17.1. The second kappa shape index (κ2) is 6.80. The third-order valence-corrected chi connectivity index (χ3v) is 4.10. The highest BCUT2D eigenvalue weighted by atomic mass is 16.5. The van der Waals surface area contributed by atoms with Crippen molar-refractivity contribution >= 4 is 5.91 Å². The molecule has 0 aromatic heterocycles. The van der Waals surface area contributed by atoms with Crippen molar-refractivity contribution in [3.05, 3.63) is 23.8 Å². The van der Waals surface area contributed by atoms with E-state index in [1.165, 1.54) is 13.5 Å². The Hall–Kier alpha value is -1.75. The first-order valence-electron chi connectivity index (χ1n) is 7.37. The number of hydrogen-bond acceptors (Lipinski definition) is 4. The van der Waals surface area contributed by atoms with Crippen LogP contribution < -0.4 is 20.5 Å². The first-order valence-corrected chi connectivity index (χ1v) is 7.37. The molecular formula is C16H24N2O3. The Kier molecular flexibility index (Phi) is 5.07. The second-order valence-electron chi connectivity index (χ2n) is 5.67. The van der Waals surface area contributed by atoms with Crippen molar-refractivity contribution in [2.75, 3.05) is 20.8 Å². The van der Waals surface area contributed by atoms with Gasteiger partial charge < -0.3 is 20.5 Å². The van der Waals surface area contributed by atoms with Crippen molar-refractivity contribution in [3.63, 3.8) is 0 Å². The molecule has 1 aliphatic rings. The van der Waals surface area contributed by atoms with Crippen molar-refractivity contribution in [2.45, 2.75) is 37.6 Å². The van der Waals surface area contributed by atoms with Crippen LogP contribution in [0, 0.1) is 0 Å². The van der Waals surface area contributed by atoms with E-state index < -0.39 is 0 Å². The molecule has 5 nitrogen and oxygen atoms in total. The molecule has 1 aromatic rings. The van der Waals surface area contributed by atoms with Crippen LogP contribution in [0.2, 0.25) is 0 Å². The molecular weight excluding hydrogens is 268 g/mol. The standard InChI is InChI=1S/C16H24N2O3/c1-20-12-6-7-13(14(10-12)21-2)15(19)18-11-16(17)8-4-3-5-9-16/h6-7,10H,3-5,8-9,11,17H2,1-2H3,(H,18,19). The van der Waals surface area contributed by atoms with E-state index >= 15 is 0 Å². The van der Waals surface area contributed by atoms with Crippen molar-refractivity contribution in [3.8, 4) is 11.5 Å². The lowest BCUT2D eigenvalue weighted by Crippen LogP contribution is -2.51. The van der Waals surface area contributed by atoms with Crippen molar-refractivity contribution in [2.24, 2.45) is 5.73 Å². The van der Waals surface area contributed by atoms with Crippen LogP contribution in [0.3, 0.4) is 0 Å². The highest BCUT2D eigenvalue weighted by Crippen LogP contribution is 2.26. The Morgan fingerprint density at radius 3 is 2.57 bits per heavy atom. The molecule has 5 heteroatoms. The van der Waals surface area contributed by atoms with Gasteiger partial charge in [0.15, 0.2) is 0 Å². The smallest absolute Gasteiger partial charge is 0.255 e. The first kappa shape index (κ1) is 15.6. The van der Waals surface area contributed by atoms with Crippen molar-refractivity contribution in [1.82, 2.24) is 5.32 Å². The average Bonchev–Trinajstić information content (AvgIpc) is 2.52. The summed E-state index contributed by atoms with van der Waals surface area (Å²) in [5.41, 5.74) is 6.56. The van der Waals surface area contributed by atoms with Gasteiger partial charge in [0.25, 0.3) is 5.91 Å². The number of benzene rings is 1. The van der Waals surface area contributed by atoms with Gasteiger partial charge >= 0.3 is 0 Å². The Labute approximate surface area is 125 Å². The Bertz CT molecular complexity index is 496. The zero-order valence-electron chi connectivity index (χ0n) is 12.8. The van der Waals surface area contributed by atoms with Crippen LogP contribution in [0.15, 0.2) is 18.2 Å². The fourth-order valence-corrected chi connectivity index (χ4v) is 2.77. The second-order valence-corrected chi connectivity index (χ2v) is 5.67. The van der Waals surface area contributed by atoms with Crippen LogP contribution in [0.1, 0.15) is 42.5 Å². The Balaban J connectivity index is 2.03. The van der Waals surface area contributed by atoms with Crippen molar-refractivity contribution in [1.29, 1.82) is 0 Å². The molecule has 3 N–H and O–H groups in total. The molecule has 0 bridgehead atoms. The Morgan fingerprint density at radius 2 is 1.95 bits per heavy atom. The van der Waals surface area contributed by atoms with E-state index in [4.69, 9.17) is 15.2 Å². The Morgan fingerprint density at radius 1 is 1.24 bits per heavy atom. The van der Waals surface area contributed by atoms with E-state index in [1.54, 1.807) is 25.3 Å². The van der Waals surface area contributed by atoms with E-state index in [1.807, 2.05) is 0 Å². The lowest BCUT2D eigenvalue weighted by Gasteiger charge is -2.33. The largest absolute Gasteiger partial charge is 0.497 e. The maximum absolute atomic E-state index is 12.3. The number of rotatable bonds is 5. The fraction of sp³-hybridized carbons (Fsp3) is 0.562. The van der Waals surface area contributed by atoms with E-state index in [0.29, 0.717) is 23.6 Å². The van der Waals surface area contributed by atoms with Gasteiger partial charge in [-0.25, -0.2) is 0 Å². The van der Waals surface area contributed by atoms with Gasteiger partial charge in [-0.15, -0.1) is 0 Å². The third-order valence-electron chi connectivity index (χ3n) is 4.10. The summed E-state index contributed by atoms with van der Waals surface area (Å²) in [6.07, 6.45) is 5.44. The predicted molar refractivity (Wildman–Crippen MR) is 81.9 cm³/mol. The number of amides is 1. The summed E-state index contributed by atoms with van der Waals surface area (Å²) in [5, 5.41) is 2.94. The molecule has 0 atom stereocenters. The molecule has 116 valence electrons. The molecule has 0 unspecified atom stereocenters. The summed E-state index contributed by atoms with van der Waals surface area (Å²) in [6.45, 7) is 0.501. The molecule has 0 radical (unpaired) electrons. The van der Waals surface area contributed by atoms with Gasteiger partial charge in [0.05, 0.1) is 19.8 Å². The van der Waals surface area contributed by atoms with Gasteiger partial charge in [0.2, 0.25) is 0 Å². The lowest BCUT2D eigenvalue weighted by molar-refractivity contribution is 0.0934. The molecule has 1 fully saturated rings. The number of methoxy groups -OCH3 is 2. The SMILES string of the molecule is COc1ccc(C(=O)NCC2(N)CCCCC2)c(OC)c1. The van der Waals surface area contributed by atoms with E-state index in [9.17, 15) is 4.79 Å². The van der Waals surface area contributed by atoms with Crippen LogP contribution >= 0.6 is 0 Å². The van der Waals surface area contributed by atoms with Crippen LogP contribution in [0.5, 0.6) is 11.5 Å². The van der Waals surface area contributed by atoms with Crippen molar-refractivity contribution < 1.29 is 14.3 Å². The maximum atomic E-state index is 12.3. The molecule has 1 aliphatic carbocycles. The summed E-state index contributed by atoms with van der Waals surface area (Å²) < 4.78 is 10.4. The van der Waals surface area contributed by atoms with Crippen LogP contribution in [-0.4, -0.2) is 32.2 Å². The minimum atomic E-state index is -0.270. The fourth-order valence-electron chi connectivity index (χ4n) is 2.77. The molecule has 0 heterocycles. The highest BCUT2D eigenvalue weighted by Gasteiger charge is 2.28. The molecule has 21 heavy (non-hydrogen) atoms. The monoisotopic (exact) mass is 292 g/mol. The maximum Gasteiger partial charge on any atom is 0.255 e. The number of carbonyl (C=O) groups is 1.